The maximum absolute atomic E-state index is 12.4. The van der Waals surface area contributed by atoms with Crippen molar-refractivity contribution in [3.8, 4) is 0 Å². The molecule has 0 aromatic carbocycles. The Morgan fingerprint density at radius 3 is 2.04 bits per heavy atom. The van der Waals surface area contributed by atoms with Crippen molar-refractivity contribution < 1.29 is 23.9 Å². The first-order chi connectivity index (χ1) is 12.3. The summed E-state index contributed by atoms with van der Waals surface area (Å²) in [7, 11) is 0. The predicted octanol–water partition coefficient (Wildman–Crippen LogP) is 0.257. The normalized spacial score (nSPS) is 19.5. The molecule has 1 atom stereocenters. The van der Waals surface area contributed by atoms with Gasteiger partial charge in [0.05, 0.1) is 0 Å². The summed E-state index contributed by atoms with van der Waals surface area (Å²) in [5, 5.41) is 0. The molecule has 0 spiro atoms. The minimum atomic E-state index is -0.490. The van der Waals surface area contributed by atoms with Crippen LogP contribution in [-0.2, 0) is 23.9 Å². The number of nitrogens with zero attached hydrogens (tertiary/aromatic N) is 3. The Balaban J connectivity index is 1.75. The monoisotopic (exact) mass is 367 g/mol. The molecule has 2 saturated heterocycles. The number of amides is 4. The molecule has 2 aliphatic rings. The molecular formula is C18H29N3O5. The molecule has 4 amide bonds. The minimum Gasteiger partial charge on any atom is -0.369 e. The lowest BCUT2D eigenvalue weighted by atomic mass is 10.1. The lowest BCUT2D eigenvalue weighted by molar-refractivity contribution is -0.149. The van der Waals surface area contributed by atoms with Gasteiger partial charge in [0.15, 0.2) is 0 Å². The van der Waals surface area contributed by atoms with Crippen LogP contribution < -0.4 is 0 Å². The molecule has 26 heavy (non-hydrogen) atoms. The number of rotatable bonds is 7. The first kappa shape index (κ1) is 20.4. The second kappa shape index (κ2) is 9.12. The smallest absolute Gasteiger partial charge is 0.251 e. The van der Waals surface area contributed by atoms with Gasteiger partial charge in [-0.05, 0) is 19.3 Å². The highest BCUT2D eigenvalue weighted by Gasteiger charge is 2.33. The number of imide groups is 1. The molecule has 0 aromatic rings. The van der Waals surface area contributed by atoms with E-state index in [9.17, 15) is 19.2 Å². The van der Waals surface area contributed by atoms with Crippen LogP contribution in [0.2, 0.25) is 0 Å². The highest BCUT2D eigenvalue weighted by molar-refractivity contribution is 6.04. The van der Waals surface area contributed by atoms with Crippen molar-refractivity contribution in [1.29, 1.82) is 0 Å². The highest BCUT2D eigenvalue weighted by atomic mass is 16.5. The van der Waals surface area contributed by atoms with Crippen molar-refractivity contribution in [2.75, 3.05) is 39.3 Å². The average Bonchev–Trinajstić information content (AvgIpc) is 2.92. The average molecular weight is 367 g/mol. The molecule has 0 saturated carbocycles. The molecule has 2 fully saturated rings. The summed E-state index contributed by atoms with van der Waals surface area (Å²) in [5.74, 6) is -0.358. The molecule has 0 N–H and O–H groups in total. The van der Waals surface area contributed by atoms with E-state index in [-0.39, 0.29) is 43.0 Å². The molecule has 8 nitrogen and oxygen atoms in total. The molecule has 146 valence electrons. The third-order valence-electron chi connectivity index (χ3n) is 4.80. The van der Waals surface area contributed by atoms with E-state index in [2.05, 4.69) is 13.8 Å². The van der Waals surface area contributed by atoms with Gasteiger partial charge < -0.3 is 14.5 Å². The maximum atomic E-state index is 12.4. The second-order valence-electron chi connectivity index (χ2n) is 7.28. The zero-order chi connectivity index (χ0) is 19.3. The van der Waals surface area contributed by atoms with Crippen LogP contribution in [0, 0.1) is 5.92 Å². The van der Waals surface area contributed by atoms with E-state index in [1.165, 1.54) is 0 Å². The van der Waals surface area contributed by atoms with E-state index in [1.54, 1.807) is 16.7 Å². The summed E-state index contributed by atoms with van der Waals surface area (Å²) in [4.78, 5) is 52.3. The Hall–Kier alpha value is -1.96. The van der Waals surface area contributed by atoms with Gasteiger partial charge in [-0.1, -0.05) is 13.8 Å². The van der Waals surface area contributed by atoms with Crippen molar-refractivity contribution in [1.82, 2.24) is 14.7 Å². The van der Waals surface area contributed by atoms with Crippen LogP contribution in [0.15, 0.2) is 0 Å². The summed E-state index contributed by atoms with van der Waals surface area (Å²) in [6.07, 6.45) is 0.788. The maximum Gasteiger partial charge on any atom is 0.251 e. The number of ether oxygens (including phenoxy) is 1. The zero-order valence-electron chi connectivity index (χ0n) is 15.9. The molecule has 1 unspecified atom stereocenters. The van der Waals surface area contributed by atoms with Crippen LogP contribution >= 0.6 is 0 Å². The molecular weight excluding hydrogens is 338 g/mol. The fourth-order valence-corrected chi connectivity index (χ4v) is 3.02. The van der Waals surface area contributed by atoms with Crippen molar-refractivity contribution in [3.63, 3.8) is 0 Å². The molecule has 8 heteroatoms. The second-order valence-corrected chi connectivity index (χ2v) is 7.28. The van der Waals surface area contributed by atoms with Crippen molar-refractivity contribution in [3.05, 3.63) is 0 Å². The number of hydrogen-bond donors (Lipinski definition) is 0. The Labute approximate surface area is 154 Å². The fraction of sp³-hybridized carbons (Fsp3) is 0.778. The number of carbonyl (C=O) groups excluding carboxylic acids is 4. The van der Waals surface area contributed by atoms with Crippen LogP contribution in [-0.4, -0.2) is 83.8 Å². The van der Waals surface area contributed by atoms with E-state index in [4.69, 9.17) is 4.74 Å². The number of hydrogen-bond acceptors (Lipinski definition) is 5. The van der Waals surface area contributed by atoms with Gasteiger partial charge >= 0.3 is 0 Å². The summed E-state index contributed by atoms with van der Waals surface area (Å²) in [5.41, 5.74) is 0. The molecule has 0 aliphatic carbocycles. The van der Waals surface area contributed by atoms with Gasteiger partial charge in [0.1, 0.15) is 12.6 Å². The number of carbonyl (C=O) groups is 4. The van der Waals surface area contributed by atoms with Gasteiger partial charge in [-0.2, -0.15) is 0 Å². The van der Waals surface area contributed by atoms with Gasteiger partial charge in [-0.3, -0.25) is 24.1 Å². The van der Waals surface area contributed by atoms with E-state index in [0.29, 0.717) is 38.7 Å². The SMILES string of the molecule is CC(C)CCOC(C)C(=O)N1CCN(C(=O)CN2C(=O)CCC2=O)CC1. The molecule has 2 aliphatic heterocycles. The lowest BCUT2D eigenvalue weighted by Gasteiger charge is -2.36. The fourth-order valence-electron chi connectivity index (χ4n) is 3.02. The number of piperazine rings is 1. The molecule has 2 heterocycles. The van der Waals surface area contributed by atoms with Gasteiger partial charge in [0.2, 0.25) is 17.7 Å². The first-order valence-electron chi connectivity index (χ1n) is 9.31. The zero-order valence-corrected chi connectivity index (χ0v) is 15.9. The Morgan fingerprint density at radius 2 is 1.50 bits per heavy atom. The lowest BCUT2D eigenvalue weighted by Crippen LogP contribution is -2.54. The van der Waals surface area contributed by atoms with Crippen LogP contribution in [0.25, 0.3) is 0 Å². The quantitative estimate of drug-likeness (QED) is 0.602. The molecule has 2 rings (SSSR count). The Morgan fingerprint density at radius 1 is 0.962 bits per heavy atom. The van der Waals surface area contributed by atoms with Crippen molar-refractivity contribution in [2.24, 2.45) is 5.92 Å². The van der Waals surface area contributed by atoms with Crippen molar-refractivity contribution in [2.45, 2.75) is 46.1 Å². The van der Waals surface area contributed by atoms with Gasteiger partial charge in [0.25, 0.3) is 5.91 Å². The van der Waals surface area contributed by atoms with Crippen molar-refractivity contribution >= 4 is 23.6 Å². The van der Waals surface area contributed by atoms with Gasteiger partial charge in [-0.15, -0.1) is 0 Å². The van der Waals surface area contributed by atoms with Gasteiger partial charge in [-0.25, -0.2) is 0 Å². The molecule has 0 bridgehead atoms. The summed E-state index contributed by atoms with van der Waals surface area (Å²) in [6, 6.07) is 0. The topological polar surface area (TPSA) is 87.2 Å². The largest absolute Gasteiger partial charge is 0.369 e. The molecule has 0 aromatic heterocycles. The van der Waals surface area contributed by atoms with Gasteiger partial charge in [0, 0.05) is 45.6 Å². The van der Waals surface area contributed by atoms with Crippen LogP contribution in [0.4, 0.5) is 0 Å². The van der Waals surface area contributed by atoms with E-state index >= 15 is 0 Å². The Kier molecular flexibility index (Phi) is 7.14. The predicted molar refractivity (Wildman–Crippen MR) is 94.0 cm³/mol. The van der Waals surface area contributed by atoms with Crippen LogP contribution in [0.3, 0.4) is 0 Å². The first-order valence-corrected chi connectivity index (χ1v) is 9.31. The minimum absolute atomic E-state index is 0.0641. The summed E-state index contributed by atoms with van der Waals surface area (Å²) in [6.45, 7) is 8.00. The highest BCUT2D eigenvalue weighted by Crippen LogP contribution is 2.13. The van der Waals surface area contributed by atoms with E-state index in [0.717, 1.165) is 11.3 Å². The summed E-state index contributed by atoms with van der Waals surface area (Å²) >= 11 is 0. The summed E-state index contributed by atoms with van der Waals surface area (Å²) < 4.78 is 5.60. The standard InChI is InChI=1S/C18H29N3O5/c1-13(2)6-11-26-14(3)18(25)20-9-7-19(8-10-20)17(24)12-21-15(22)4-5-16(21)23/h13-14H,4-12H2,1-3H3. The van der Waals surface area contributed by atoms with Crippen LogP contribution in [0.1, 0.15) is 40.0 Å². The van der Waals surface area contributed by atoms with Crippen LogP contribution in [0.5, 0.6) is 0 Å². The third-order valence-corrected chi connectivity index (χ3v) is 4.80. The van der Waals surface area contributed by atoms with E-state index < -0.39 is 6.10 Å². The van der Waals surface area contributed by atoms with E-state index in [1.807, 2.05) is 0 Å². The molecule has 0 radical (unpaired) electrons. The Bertz CT molecular complexity index is 539. The third kappa shape index (κ3) is 5.27. The number of likely N-dealkylation sites (tertiary alicyclic amines) is 1.